The summed E-state index contributed by atoms with van der Waals surface area (Å²) in [5.41, 5.74) is 10.7. The van der Waals surface area contributed by atoms with Gasteiger partial charge in [-0.15, -0.1) is 11.3 Å². The topological polar surface area (TPSA) is 0 Å². The second-order valence-corrected chi connectivity index (χ2v) is 15.4. The molecule has 0 unspecified atom stereocenters. The maximum Gasteiger partial charge on any atom is 0.0355 e. The predicted octanol–water partition coefficient (Wildman–Crippen LogP) is 14.3. The molecule has 1 aromatic heterocycles. The van der Waals surface area contributed by atoms with Gasteiger partial charge in [0.2, 0.25) is 0 Å². The van der Waals surface area contributed by atoms with Crippen molar-refractivity contribution in [1.82, 2.24) is 0 Å². The van der Waals surface area contributed by atoms with Gasteiger partial charge in [0.05, 0.1) is 0 Å². The normalized spacial score (nSPS) is 13.6. The lowest BCUT2D eigenvalue weighted by molar-refractivity contribution is 0.666. The summed E-state index contributed by atoms with van der Waals surface area (Å²) in [6, 6.07) is 59.2. The van der Waals surface area contributed by atoms with Crippen LogP contribution in [0.5, 0.6) is 0 Å². The van der Waals surface area contributed by atoms with Crippen LogP contribution in [0, 0.1) is 0 Å². The number of fused-ring (bicyclic) bond motifs is 13. The van der Waals surface area contributed by atoms with Crippen molar-refractivity contribution in [2.45, 2.75) is 19.3 Å². The fourth-order valence-corrected chi connectivity index (χ4v) is 10.4. The molecule has 11 rings (SSSR count). The van der Waals surface area contributed by atoms with Crippen LogP contribution < -0.4 is 0 Å². The molecule has 0 saturated carbocycles. The third-order valence-corrected chi connectivity index (χ3v) is 12.6. The van der Waals surface area contributed by atoms with E-state index in [0.717, 1.165) is 0 Å². The Bertz CT molecular complexity index is 3010. The Morgan fingerprint density at radius 2 is 0.860 bits per heavy atom. The minimum absolute atomic E-state index is 0.158. The van der Waals surface area contributed by atoms with Gasteiger partial charge < -0.3 is 0 Å². The monoisotopic (exact) mass is 652 g/mol. The standard InChI is InChI=1S/C49H32S/c1-49(2)41-24-13-23-39(46(41)47-33-17-5-3-14-30(33)31-15-4-10-22-38(31)48(47)49)45-36-20-8-6-18-34(36)44(35-19-7-9-21-37(35)45)29-26-27-43-40(28-29)32-16-11-12-25-42(32)50-43/h3-28H,1-2H3. The van der Waals surface area contributed by atoms with Crippen molar-refractivity contribution in [3.63, 3.8) is 0 Å². The second-order valence-electron chi connectivity index (χ2n) is 14.3. The van der Waals surface area contributed by atoms with E-state index in [1.165, 1.54) is 108 Å². The first-order valence-corrected chi connectivity index (χ1v) is 18.3. The average Bonchev–Trinajstić information content (AvgIpc) is 3.65. The molecule has 0 atom stereocenters. The first kappa shape index (κ1) is 28.1. The van der Waals surface area contributed by atoms with Crippen LogP contribution in [-0.4, -0.2) is 0 Å². The van der Waals surface area contributed by atoms with E-state index in [0.29, 0.717) is 0 Å². The van der Waals surface area contributed by atoms with Crippen molar-refractivity contribution >= 4 is 74.6 Å². The van der Waals surface area contributed by atoms with Gasteiger partial charge in [-0.1, -0.05) is 153 Å². The fraction of sp³-hybridized carbons (Fsp3) is 0.0612. The molecule has 50 heavy (non-hydrogen) atoms. The molecule has 1 aliphatic rings. The minimum atomic E-state index is -0.158. The SMILES string of the molecule is CC1(C)c2cccc(-c3c4ccccc4c(-c4ccc5sc6ccccc6c5c4)c4ccccc34)c2-c2c1c1ccccc1c1ccccc21. The van der Waals surface area contributed by atoms with Crippen LogP contribution in [0.1, 0.15) is 25.0 Å². The van der Waals surface area contributed by atoms with Crippen LogP contribution in [0.25, 0.3) is 96.6 Å². The van der Waals surface area contributed by atoms with Gasteiger partial charge in [0.1, 0.15) is 0 Å². The van der Waals surface area contributed by atoms with Crippen molar-refractivity contribution in [3.05, 3.63) is 169 Å². The lowest BCUT2D eigenvalue weighted by Crippen LogP contribution is -2.15. The molecule has 10 aromatic rings. The highest BCUT2D eigenvalue weighted by Gasteiger charge is 2.40. The third kappa shape index (κ3) is 3.65. The summed E-state index contributed by atoms with van der Waals surface area (Å²) in [5.74, 6) is 0. The Morgan fingerprint density at radius 3 is 1.52 bits per heavy atom. The van der Waals surface area contributed by atoms with E-state index in [1.54, 1.807) is 0 Å². The number of benzene rings is 9. The van der Waals surface area contributed by atoms with Crippen molar-refractivity contribution in [2.24, 2.45) is 0 Å². The van der Waals surface area contributed by atoms with E-state index >= 15 is 0 Å². The van der Waals surface area contributed by atoms with E-state index in [-0.39, 0.29) is 5.41 Å². The summed E-state index contributed by atoms with van der Waals surface area (Å²) in [6.45, 7) is 4.85. The third-order valence-electron chi connectivity index (χ3n) is 11.4. The zero-order valence-electron chi connectivity index (χ0n) is 27.9. The van der Waals surface area contributed by atoms with E-state index < -0.39 is 0 Å². The zero-order chi connectivity index (χ0) is 33.1. The molecule has 9 aromatic carbocycles. The number of hydrogen-bond donors (Lipinski definition) is 0. The van der Waals surface area contributed by atoms with Gasteiger partial charge in [-0.3, -0.25) is 0 Å². The average molecular weight is 653 g/mol. The lowest BCUT2D eigenvalue weighted by atomic mass is 9.79. The summed E-state index contributed by atoms with van der Waals surface area (Å²) >= 11 is 1.88. The quantitative estimate of drug-likeness (QED) is 0.129. The van der Waals surface area contributed by atoms with Gasteiger partial charge in [0.15, 0.2) is 0 Å². The van der Waals surface area contributed by atoms with Gasteiger partial charge in [-0.2, -0.15) is 0 Å². The van der Waals surface area contributed by atoms with Gasteiger partial charge in [-0.25, -0.2) is 0 Å². The summed E-state index contributed by atoms with van der Waals surface area (Å²) in [5, 5.41) is 13.2. The minimum Gasteiger partial charge on any atom is -0.135 e. The summed E-state index contributed by atoms with van der Waals surface area (Å²) in [7, 11) is 0. The Morgan fingerprint density at radius 1 is 0.360 bits per heavy atom. The van der Waals surface area contributed by atoms with E-state index in [1.807, 2.05) is 11.3 Å². The molecule has 0 nitrogen and oxygen atoms in total. The maximum atomic E-state index is 2.43. The van der Waals surface area contributed by atoms with Crippen LogP contribution in [0.2, 0.25) is 0 Å². The summed E-state index contributed by atoms with van der Waals surface area (Å²) < 4.78 is 2.67. The summed E-state index contributed by atoms with van der Waals surface area (Å²) in [6.07, 6.45) is 0. The van der Waals surface area contributed by atoms with Gasteiger partial charge in [0.25, 0.3) is 0 Å². The molecule has 0 aliphatic heterocycles. The molecule has 234 valence electrons. The predicted molar refractivity (Wildman–Crippen MR) is 218 cm³/mol. The first-order chi connectivity index (χ1) is 24.6. The van der Waals surface area contributed by atoms with Crippen molar-refractivity contribution in [3.8, 4) is 33.4 Å². The highest BCUT2D eigenvalue weighted by molar-refractivity contribution is 7.25. The molecule has 0 amide bonds. The lowest BCUT2D eigenvalue weighted by Gasteiger charge is -2.24. The van der Waals surface area contributed by atoms with Crippen molar-refractivity contribution in [2.75, 3.05) is 0 Å². The smallest absolute Gasteiger partial charge is 0.0355 e. The van der Waals surface area contributed by atoms with Crippen molar-refractivity contribution < 1.29 is 0 Å². The molecule has 0 N–H and O–H groups in total. The Kier molecular flexibility index (Phi) is 5.70. The van der Waals surface area contributed by atoms with E-state index in [2.05, 4.69) is 172 Å². The zero-order valence-corrected chi connectivity index (χ0v) is 28.7. The van der Waals surface area contributed by atoms with Gasteiger partial charge >= 0.3 is 0 Å². The molecule has 1 heterocycles. The highest BCUT2D eigenvalue weighted by Crippen LogP contribution is 2.58. The van der Waals surface area contributed by atoms with Crippen LogP contribution >= 0.6 is 11.3 Å². The molecule has 0 bridgehead atoms. The number of thiophene rings is 1. The molecular weight excluding hydrogens is 621 g/mol. The molecule has 1 aliphatic carbocycles. The molecule has 0 spiro atoms. The Balaban J connectivity index is 1.28. The van der Waals surface area contributed by atoms with Crippen LogP contribution in [0.3, 0.4) is 0 Å². The number of rotatable bonds is 2. The molecular formula is C49H32S. The Hall–Kier alpha value is -5.76. The second kappa shape index (κ2) is 10.1. The molecule has 0 fully saturated rings. The van der Waals surface area contributed by atoms with Crippen LogP contribution in [-0.2, 0) is 5.41 Å². The first-order valence-electron chi connectivity index (χ1n) is 17.5. The summed E-state index contributed by atoms with van der Waals surface area (Å²) in [4.78, 5) is 0. The molecule has 0 saturated heterocycles. The van der Waals surface area contributed by atoms with Crippen molar-refractivity contribution in [1.29, 1.82) is 0 Å². The highest BCUT2D eigenvalue weighted by atomic mass is 32.1. The van der Waals surface area contributed by atoms with Gasteiger partial charge in [-0.05, 0) is 106 Å². The maximum absolute atomic E-state index is 2.43. The van der Waals surface area contributed by atoms with E-state index in [9.17, 15) is 0 Å². The van der Waals surface area contributed by atoms with Gasteiger partial charge in [0, 0.05) is 25.6 Å². The largest absolute Gasteiger partial charge is 0.135 e. The molecule has 1 heteroatoms. The fourth-order valence-electron chi connectivity index (χ4n) is 9.35. The number of hydrogen-bond acceptors (Lipinski definition) is 1. The van der Waals surface area contributed by atoms with Crippen LogP contribution in [0.4, 0.5) is 0 Å². The van der Waals surface area contributed by atoms with E-state index in [4.69, 9.17) is 0 Å². The van der Waals surface area contributed by atoms with Crippen LogP contribution in [0.15, 0.2) is 158 Å². The Labute approximate surface area is 294 Å². The molecule has 0 radical (unpaired) electrons.